The fourth-order valence-electron chi connectivity index (χ4n) is 5.95. The van der Waals surface area contributed by atoms with E-state index in [2.05, 4.69) is 0 Å². The zero-order chi connectivity index (χ0) is 36.4. The van der Waals surface area contributed by atoms with Gasteiger partial charge in [0.25, 0.3) is 11.6 Å². The monoisotopic (exact) mass is 737 g/mol. The number of hydrogen-bond acceptors (Lipinski definition) is 5. The Morgan fingerprint density at radius 3 is 2.16 bits per heavy atom. The quantitative estimate of drug-likeness (QED) is 0.0786. The minimum atomic E-state index is -5.13. The van der Waals surface area contributed by atoms with Crippen molar-refractivity contribution in [3.05, 3.63) is 117 Å². The number of likely N-dealkylation sites (N-methyl/N-ethyl adjacent to an activating group) is 1. The molecule has 1 fully saturated rings. The molecule has 0 bridgehead atoms. The molecule has 1 aliphatic rings. The highest BCUT2D eigenvalue weighted by molar-refractivity contribution is 5.96. The van der Waals surface area contributed by atoms with E-state index in [0.717, 1.165) is 16.5 Å². The zero-order valence-corrected chi connectivity index (χ0v) is 28.3. The van der Waals surface area contributed by atoms with Gasteiger partial charge in [0.15, 0.2) is 0 Å². The number of nitro groups is 1. The number of halogens is 7. The van der Waals surface area contributed by atoms with Gasteiger partial charge in [0.2, 0.25) is 5.91 Å². The normalized spacial score (nSPS) is 15.4. The van der Waals surface area contributed by atoms with Crippen LogP contribution >= 0.6 is 12.4 Å². The lowest BCUT2D eigenvalue weighted by Gasteiger charge is -2.41. The molecule has 51 heavy (non-hydrogen) atoms. The van der Waals surface area contributed by atoms with E-state index in [1.807, 2.05) is 54.0 Å². The predicted molar refractivity (Wildman–Crippen MR) is 181 cm³/mol. The Bertz CT molecular complexity index is 1890. The average Bonchev–Trinajstić information content (AvgIpc) is 3.42. The summed E-state index contributed by atoms with van der Waals surface area (Å²) in [5.74, 6) is -1.47. The first-order valence-corrected chi connectivity index (χ1v) is 15.5. The van der Waals surface area contributed by atoms with Crippen molar-refractivity contribution in [3.8, 4) is 0 Å². The number of piperazine rings is 1. The third-order valence-corrected chi connectivity index (χ3v) is 8.53. The molecule has 2 amide bonds. The van der Waals surface area contributed by atoms with Gasteiger partial charge in [-0.05, 0) is 74.1 Å². The Morgan fingerprint density at radius 1 is 0.941 bits per heavy atom. The lowest BCUT2D eigenvalue weighted by molar-refractivity contribution is -0.384. The zero-order valence-electron chi connectivity index (χ0n) is 27.4. The molecule has 0 N–H and O–H groups in total. The van der Waals surface area contributed by atoms with Gasteiger partial charge in [-0.3, -0.25) is 19.7 Å². The summed E-state index contributed by atoms with van der Waals surface area (Å²) in [5.41, 5.74) is -1.86. The number of para-hydroxylation sites is 1. The van der Waals surface area contributed by atoms with Crippen LogP contribution in [0.4, 0.5) is 32.0 Å². The molecule has 5 rings (SSSR count). The van der Waals surface area contributed by atoms with Crippen LogP contribution in [0.1, 0.15) is 32.6 Å². The van der Waals surface area contributed by atoms with Gasteiger partial charge < -0.3 is 19.3 Å². The molecule has 0 aliphatic carbocycles. The third kappa shape index (κ3) is 9.27. The van der Waals surface area contributed by atoms with Crippen molar-refractivity contribution in [3.63, 3.8) is 0 Å². The lowest BCUT2D eigenvalue weighted by atomic mass is 9.98. The summed E-state index contributed by atoms with van der Waals surface area (Å²) in [4.78, 5) is 42.3. The van der Waals surface area contributed by atoms with Crippen molar-refractivity contribution >= 4 is 46.9 Å². The Balaban J connectivity index is 0.00000583. The summed E-state index contributed by atoms with van der Waals surface area (Å²) in [7, 11) is 3.86. The fraction of sp³-hybridized carbons (Fsp3) is 0.314. The highest BCUT2D eigenvalue weighted by Crippen LogP contribution is 2.37. The maximum atomic E-state index is 13.9. The number of fused-ring (bicyclic) bond motifs is 1. The van der Waals surface area contributed by atoms with Gasteiger partial charge in [-0.1, -0.05) is 18.2 Å². The van der Waals surface area contributed by atoms with Crippen molar-refractivity contribution in [2.75, 3.05) is 40.3 Å². The lowest BCUT2D eigenvalue weighted by Crippen LogP contribution is -2.57. The second kappa shape index (κ2) is 15.6. The van der Waals surface area contributed by atoms with Gasteiger partial charge >= 0.3 is 12.4 Å². The molecule has 0 saturated carbocycles. The number of benzene rings is 3. The first kappa shape index (κ1) is 38.9. The van der Waals surface area contributed by atoms with E-state index in [4.69, 9.17) is 0 Å². The van der Waals surface area contributed by atoms with Crippen LogP contribution in [0.5, 0.6) is 0 Å². The molecule has 272 valence electrons. The van der Waals surface area contributed by atoms with E-state index < -0.39 is 51.8 Å². The van der Waals surface area contributed by atoms with E-state index in [-0.39, 0.29) is 50.2 Å². The van der Waals surface area contributed by atoms with Crippen LogP contribution in [-0.2, 0) is 30.1 Å². The summed E-state index contributed by atoms with van der Waals surface area (Å²) in [6.07, 6.45) is -5.46. The minimum Gasteiger partial charge on any atom is -0.346 e. The van der Waals surface area contributed by atoms with Crippen LogP contribution in [0.15, 0.2) is 79.0 Å². The van der Waals surface area contributed by atoms with Crippen LogP contribution in [0.3, 0.4) is 0 Å². The van der Waals surface area contributed by atoms with Gasteiger partial charge in [0.05, 0.1) is 22.1 Å². The number of alkyl halides is 6. The number of carbonyl (C=O) groups is 2. The fourth-order valence-corrected chi connectivity index (χ4v) is 5.95. The summed E-state index contributed by atoms with van der Waals surface area (Å²) < 4.78 is 84.1. The van der Waals surface area contributed by atoms with Crippen LogP contribution in [0, 0.1) is 10.1 Å². The number of nitrogens with zero attached hydrogens (tertiary/aromatic N) is 5. The predicted octanol–water partition coefficient (Wildman–Crippen LogP) is 7.18. The molecule has 1 aromatic heterocycles. The Morgan fingerprint density at radius 2 is 1.57 bits per heavy atom. The molecule has 1 aliphatic heterocycles. The topological polar surface area (TPSA) is 91.9 Å². The summed E-state index contributed by atoms with van der Waals surface area (Å²) in [6.45, 7) is 1.09. The molecule has 0 spiro atoms. The van der Waals surface area contributed by atoms with Crippen molar-refractivity contribution < 1.29 is 40.9 Å². The number of carbonyl (C=O) groups excluding carboxylic acids is 2. The van der Waals surface area contributed by atoms with Gasteiger partial charge in [-0.25, -0.2) is 0 Å². The minimum absolute atomic E-state index is 0. The molecular formula is C35H34ClF6N5O4. The second-order valence-electron chi connectivity index (χ2n) is 12.3. The standard InChI is InChI=1S/C35H33F6N5O4.ClH/c1-42(2)13-14-43-21-25(30-5-3-4-6-31(30)43)19-29-22-44(32(47)12-9-23-7-10-28(11-8-23)46(49)50)15-16-45(29)33(48)24-17-26(34(36,37)38)20-27(18-24)35(39,40)41;/h3-12,17-18,20-21,29H,13-16,19,22H2,1-2H3;1H/b12-9+;. The number of aromatic nitrogens is 1. The molecule has 1 unspecified atom stereocenters. The Kier molecular flexibility index (Phi) is 11.9. The van der Waals surface area contributed by atoms with Gasteiger partial charge in [0, 0.05) is 73.6 Å². The van der Waals surface area contributed by atoms with E-state index >= 15 is 0 Å². The van der Waals surface area contributed by atoms with Crippen LogP contribution < -0.4 is 0 Å². The van der Waals surface area contributed by atoms with Gasteiger partial charge in [-0.15, -0.1) is 12.4 Å². The van der Waals surface area contributed by atoms with Crippen molar-refractivity contribution in [1.29, 1.82) is 0 Å². The number of hydrogen-bond donors (Lipinski definition) is 0. The summed E-state index contributed by atoms with van der Waals surface area (Å²) >= 11 is 0. The van der Waals surface area contributed by atoms with Crippen LogP contribution in [0.25, 0.3) is 17.0 Å². The molecule has 4 aromatic rings. The highest BCUT2D eigenvalue weighted by Gasteiger charge is 2.39. The number of rotatable bonds is 9. The van der Waals surface area contributed by atoms with Crippen molar-refractivity contribution in [2.24, 2.45) is 0 Å². The maximum Gasteiger partial charge on any atom is 0.416 e. The molecule has 1 saturated heterocycles. The van der Waals surface area contributed by atoms with E-state index in [0.29, 0.717) is 30.8 Å². The molecule has 1 atom stereocenters. The molecular weight excluding hydrogens is 704 g/mol. The summed E-state index contributed by atoms with van der Waals surface area (Å²) in [6, 6.07) is 13.1. The SMILES string of the molecule is CN(C)CCn1cc(CC2CN(C(=O)/C=C/c3ccc([N+](=O)[O-])cc3)CCN2C(=O)c2cc(C(F)(F)F)cc(C(F)(F)F)c2)c2ccccc21.Cl. The molecule has 9 nitrogen and oxygen atoms in total. The number of non-ortho nitro benzene ring substituents is 1. The summed E-state index contributed by atoms with van der Waals surface area (Å²) in [5, 5.41) is 11.8. The number of nitro benzene ring substituents is 1. The Hall–Kier alpha value is -4.89. The number of amides is 2. The maximum absolute atomic E-state index is 13.9. The van der Waals surface area contributed by atoms with Crippen molar-refractivity contribution in [2.45, 2.75) is 31.4 Å². The molecule has 2 heterocycles. The van der Waals surface area contributed by atoms with E-state index in [1.54, 1.807) is 0 Å². The van der Waals surface area contributed by atoms with E-state index in [9.17, 15) is 46.0 Å². The third-order valence-electron chi connectivity index (χ3n) is 8.53. The van der Waals surface area contributed by atoms with Gasteiger partial charge in [-0.2, -0.15) is 26.3 Å². The Labute approximate surface area is 295 Å². The molecule has 3 aromatic carbocycles. The molecule has 0 radical (unpaired) electrons. The molecule has 16 heteroatoms. The second-order valence-corrected chi connectivity index (χ2v) is 12.3. The van der Waals surface area contributed by atoms with Gasteiger partial charge in [0.1, 0.15) is 0 Å². The first-order valence-electron chi connectivity index (χ1n) is 15.5. The smallest absolute Gasteiger partial charge is 0.346 e. The first-order chi connectivity index (χ1) is 23.5. The largest absolute Gasteiger partial charge is 0.416 e. The van der Waals surface area contributed by atoms with E-state index in [1.165, 1.54) is 46.2 Å². The average molecular weight is 738 g/mol. The van der Waals surface area contributed by atoms with Crippen LogP contribution in [-0.4, -0.2) is 82.3 Å². The van der Waals surface area contributed by atoms with Crippen molar-refractivity contribution in [1.82, 2.24) is 19.3 Å². The highest BCUT2D eigenvalue weighted by atomic mass is 35.5. The van der Waals surface area contributed by atoms with Crippen LogP contribution in [0.2, 0.25) is 0 Å².